The topological polar surface area (TPSA) is 46.5 Å². The molecule has 1 aromatic carbocycles. The van der Waals surface area contributed by atoms with Crippen molar-refractivity contribution < 1.29 is 0 Å². The number of imidazole rings is 1. The van der Waals surface area contributed by atoms with Crippen LogP contribution in [0.3, 0.4) is 0 Å². The molecular formula is C19H24N4. The fraction of sp³-hybridized carbons (Fsp3) is 0.368. The molecule has 2 aromatic heterocycles. The Hall–Kier alpha value is -2.36. The lowest BCUT2D eigenvalue weighted by molar-refractivity contribution is 0.596. The standard InChI is InChI=1S/C19H24N4/c1-14(17-8-5-4-6-9-17)19-20-11-13-23(19)12-7-10-18-15(2)21-22-16(18)3/h4-6,8-9,11,13-14H,7,10,12H2,1-3H3,(H,21,22)/t14-/m0/s1. The number of rotatable bonds is 6. The molecule has 0 spiro atoms. The molecule has 120 valence electrons. The van der Waals surface area contributed by atoms with E-state index in [2.05, 4.69) is 77.0 Å². The molecule has 23 heavy (non-hydrogen) atoms. The Balaban J connectivity index is 1.67. The Labute approximate surface area is 137 Å². The van der Waals surface area contributed by atoms with Crippen molar-refractivity contribution in [3.05, 3.63) is 71.1 Å². The maximum Gasteiger partial charge on any atom is 0.115 e. The zero-order valence-corrected chi connectivity index (χ0v) is 14.1. The van der Waals surface area contributed by atoms with Crippen LogP contribution in [0.4, 0.5) is 0 Å². The van der Waals surface area contributed by atoms with Crippen molar-refractivity contribution in [3.63, 3.8) is 0 Å². The molecule has 0 bridgehead atoms. The summed E-state index contributed by atoms with van der Waals surface area (Å²) in [6.45, 7) is 7.36. The summed E-state index contributed by atoms with van der Waals surface area (Å²) in [5, 5.41) is 7.34. The first-order valence-corrected chi connectivity index (χ1v) is 8.23. The first-order valence-electron chi connectivity index (χ1n) is 8.23. The molecule has 0 aliphatic carbocycles. The fourth-order valence-electron chi connectivity index (χ4n) is 3.15. The van der Waals surface area contributed by atoms with Crippen LogP contribution in [0.2, 0.25) is 0 Å². The van der Waals surface area contributed by atoms with E-state index in [1.54, 1.807) is 0 Å². The van der Waals surface area contributed by atoms with E-state index in [1.807, 2.05) is 6.20 Å². The number of benzene rings is 1. The van der Waals surface area contributed by atoms with E-state index in [0.29, 0.717) is 5.92 Å². The summed E-state index contributed by atoms with van der Waals surface area (Å²) >= 11 is 0. The van der Waals surface area contributed by atoms with E-state index in [1.165, 1.54) is 16.8 Å². The molecule has 3 aromatic rings. The van der Waals surface area contributed by atoms with E-state index in [9.17, 15) is 0 Å². The van der Waals surface area contributed by atoms with Crippen LogP contribution < -0.4 is 0 Å². The summed E-state index contributed by atoms with van der Waals surface area (Å²) in [5.41, 5.74) is 4.96. The Kier molecular flexibility index (Phi) is 4.60. The van der Waals surface area contributed by atoms with Gasteiger partial charge in [0.05, 0.1) is 5.69 Å². The Morgan fingerprint density at radius 1 is 1.17 bits per heavy atom. The molecule has 0 aliphatic rings. The molecule has 1 atom stereocenters. The Morgan fingerprint density at radius 2 is 1.96 bits per heavy atom. The number of aromatic amines is 1. The molecule has 4 nitrogen and oxygen atoms in total. The van der Waals surface area contributed by atoms with Crippen LogP contribution >= 0.6 is 0 Å². The van der Waals surface area contributed by atoms with Gasteiger partial charge in [0.15, 0.2) is 0 Å². The van der Waals surface area contributed by atoms with Gasteiger partial charge in [-0.2, -0.15) is 5.10 Å². The van der Waals surface area contributed by atoms with Gasteiger partial charge in [0, 0.05) is 30.6 Å². The van der Waals surface area contributed by atoms with E-state index >= 15 is 0 Å². The summed E-state index contributed by atoms with van der Waals surface area (Å²) in [7, 11) is 0. The van der Waals surface area contributed by atoms with Gasteiger partial charge in [0.1, 0.15) is 5.82 Å². The van der Waals surface area contributed by atoms with Gasteiger partial charge in [0.25, 0.3) is 0 Å². The number of H-pyrrole nitrogens is 1. The van der Waals surface area contributed by atoms with E-state index < -0.39 is 0 Å². The van der Waals surface area contributed by atoms with Crippen LogP contribution in [-0.2, 0) is 13.0 Å². The largest absolute Gasteiger partial charge is 0.334 e. The zero-order valence-electron chi connectivity index (χ0n) is 14.1. The average Bonchev–Trinajstić information content (AvgIpc) is 3.16. The number of aryl methyl sites for hydroxylation is 3. The molecule has 1 N–H and O–H groups in total. The lowest BCUT2D eigenvalue weighted by atomic mass is 10.0. The van der Waals surface area contributed by atoms with E-state index in [-0.39, 0.29) is 0 Å². The lowest BCUT2D eigenvalue weighted by Crippen LogP contribution is -2.08. The quantitative estimate of drug-likeness (QED) is 0.748. The van der Waals surface area contributed by atoms with E-state index in [4.69, 9.17) is 0 Å². The second-order valence-electron chi connectivity index (χ2n) is 6.13. The van der Waals surface area contributed by atoms with Crippen LogP contribution in [0.15, 0.2) is 42.7 Å². The number of aromatic nitrogens is 4. The molecular weight excluding hydrogens is 284 g/mol. The zero-order chi connectivity index (χ0) is 16.2. The molecule has 0 radical (unpaired) electrons. The molecule has 3 rings (SSSR count). The predicted molar refractivity (Wildman–Crippen MR) is 92.6 cm³/mol. The second-order valence-corrected chi connectivity index (χ2v) is 6.13. The van der Waals surface area contributed by atoms with Gasteiger partial charge in [-0.1, -0.05) is 37.3 Å². The normalized spacial score (nSPS) is 12.5. The number of hydrogen-bond donors (Lipinski definition) is 1. The minimum Gasteiger partial charge on any atom is -0.334 e. The van der Waals surface area contributed by atoms with Crippen molar-refractivity contribution >= 4 is 0 Å². The summed E-state index contributed by atoms with van der Waals surface area (Å²) < 4.78 is 2.28. The van der Waals surface area contributed by atoms with Crippen molar-refractivity contribution in [2.24, 2.45) is 0 Å². The molecule has 2 heterocycles. The van der Waals surface area contributed by atoms with Gasteiger partial charge >= 0.3 is 0 Å². The smallest absolute Gasteiger partial charge is 0.115 e. The highest BCUT2D eigenvalue weighted by Gasteiger charge is 2.14. The lowest BCUT2D eigenvalue weighted by Gasteiger charge is -2.14. The number of nitrogens with zero attached hydrogens (tertiary/aromatic N) is 3. The van der Waals surface area contributed by atoms with Crippen LogP contribution in [0.1, 0.15) is 47.6 Å². The number of nitrogens with one attached hydrogen (secondary N) is 1. The van der Waals surface area contributed by atoms with Crippen LogP contribution in [0.5, 0.6) is 0 Å². The maximum atomic E-state index is 4.59. The summed E-state index contributed by atoms with van der Waals surface area (Å²) in [6.07, 6.45) is 6.13. The summed E-state index contributed by atoms with van der Waals surface area (Å²) in [6, 6.07) is 10.6. The maximum absolute atomic E-state index is 4.59. The predicted octanol–water partition coefficient (Wildman–Crippen LogP) is 4.01. The van der Waals surface area contributed by atoms with E-state index in [0.717, 1.165) is 30.9 Å². The molecule has 0 saturated heterocycles. The molecule has 0 fully saturated rings. The minimum atomic E-state index is 0.309. The third-order valence-electron chi connectivity index (χ3n) is 4.54. The Bertz CT molecular complexity index is 735. The van der Waals surface area contributed by atoms with Gasteiger partial charge in [-0.3, -0.25) is 5.10 Å². The Morgan fingerprint density at radius 3 is 2.65 bits per heavy atom. The van der Waals surface area contributed by atoms with Gasteiger partial charge in [-0.05, 0) is 37.8 Å². The highest BCUT2D eigenvalue weighted by atomic mass is 15.1. The van der Waals surface area contributed by atoms with Crippen molar-refractivity contribution in [2.45, 2.75) is 46.1 Å². The van der Waals surface area contributed by atoms with Crippen molar-refractivity contribution in [2.75, 3.05) is 0 Å². The molecule has 0 amide bonds. The van der Waals surface area contributed by atoms with Crippen molar-refractivity contribution in [1.29, 1.82) is 0 Å². The number of hydrogen-bond acceptors (Lipinski definition) is 2. The van der Waals surface area contributed by atoms with Gasteiger partial charge in [-0.25, -0.2) is 4.98 Å². The summed E-state index contributed by atoms with van der Waals surface area (Å²) in [4.78, 5) is 4.59. The molecule has 0 saturated carbocycles. The van der Waals surface area contributed by atoms with Crippen LogP contribution in [0, 0.1) is 13.8 Å². The molecule has 0 aliphatic heterocycles. The third-order valence-corrected chi connectivity index (χ3v) is 4.54. The first kappa shape index (κ1) is 15.5. The van der Waals surface area contributed by atoms with Crippen LogP contribution in [0.25, 0.3) is 0 Å². The van der Waals surface area contributed by atoms with Gasteiger partial charge in [-0.15, -0.1) is 0 Å². The second kappa shape index (κ2) is 6.82. The average molecular weight is 308 g/mol. The van der Waals surface area contributed by atoms with Crippen molar-refractivity contribution in [1.82, 2.24) is 19.7 Å². The van der Waals surface area contributed by atoms with Gasteiger partial charge in [0.2, 0.25) is 0 Å². The van der Waals surface area contributed by atoms with Gasteiger partial charge < -0.3 is 4.57 Å². The first-order chi connectivity index (χ1) is 11.2. The van der Waals surface area contributed by atoms with Crippen LogP contribution in [-0.4, -0.2) is 19.7 Å². The fourth-order valence-corrected chi connectivity index (χ4v) is 3.15. The summed E-state index contributed by atoms with van der Waals surface area (Å²) in [5.74, 6) is 1.44. The third kappa shape index (κ3) is 3.36. The van der Waals surface area contributed by atoms with Crippen molar-refractivity contribution in [3.8, 4) is 0 Å². The minimum absolute atomic E-state index is 0.309. The monoisotopic (exact) mass is 308 g/mol. The molecule has 4 heteroatoms. The highest BCUT2D eigenvalue weighted by Crippen LogP contribution is 2.23. The molecule has 0 unspecified atom stereocenters. The highest BCUT2D eigenvalue weighted by molar-refractivity contribution is 5.25. The SMILES string of the molecule is Cc1n[nH]c(C)c1CCCn1ccnc1[C@@H](C)c1ccccc1.